The third-order valence-corrected chi connectivity index (χ3v) is 8.07. The van der Waals surface area contributed by atoms with E-state index < -0.39 is 11.8 Å². The predicted octanol–water partition coefficient (Wildman–Crippen LogP) is 2.20. The number of aliphatic hydroxyl groups excluding tert-OH is 1. The molecule has 0 amide bonds. The van der Waals surface area contributed by atoms with Gasteiger partial charge in [0, 0.05) is 18.8 Å². The molecular formula is C22H31O5-. The molecule has 0 heterocycles. The molecule has 1 N–H and O–H groups in total. The Hall–Kier alpha value is -1.49. The van der Waals surface area contributed by atoms with Gasteiger partial charge in [-0.1, -0.05) is 25.5 Å². The van der Waals surface area contributed by atoms with Crippen LogP contribution < -0.4 is 5.11 Å². The van der Waals surface area contributed by atoms with Crippen molar-refractivity contribution in [2.45, 2.75) is 78.2 Å². The molecule has 4 rings (SSSR count). The van der Waals surface area contributed by atoms with Gasteiger partial charge in [0.2, 0.25) is 0 Å². The number of carboxylic acid groups (broad SMARTS) is 1. The summed E-state index contributed by atoms with van der Waals surface area (Å²) in [5.41, 5.74) is 1.81. The number of fused-ring (bicyclic) bond motifs is 5. The van der Waals surface area contributed by atoms with Gasteiger partial charge in [-0.05, 0) is 68.1 Å². The van der Waals surface area contributed by atoms with Crippen molar-refractivity contribution in [1.29, 1.82) is 0 Å². The van der Waals surface area contributed by atoms with Gasteiger partial charge in [-0.3, -0.25) is 9.59 Å². The average molecular weight is 375 g/mol. The summed E-state index contributed by atoms with van der Waals surface area (Å²) >= 11 is 0. The molecule has 0 aromatic heterocycles. The molecule has 0 aromatic rings. The van der Waals surface area contributed by atoms with E-state index >= 15 is 0 Å². The summed E-state index contributed by atoms with van der Waals surface area (Å²) < 4.78 is 0. The fourth-order valence-corrected chi connectivity index (χ4v) is 6.41. The van der Waals surface area contributed by atoms with Gasteiger partial charge in [0.25, 0.3) is 0 Å². The van der Waals surface area contributed by atoms with Crippen LogP contribution in [0, 0.1) is 28.6 Å². The Morgan fingerprint density at radius 3 is 2.33 bits per heavy atom. The van der Waals surface area contributed by atoms with Crippen LogP contribution in [0.3, 0.4) is 0 Å². The van der Waals surface area contributed by atoms with Gasteiger partial charge in [0.15, 0.2) is 5.78 Å². The number of Topliss-reactive ketones (excluding diaryl/α,β-unsaturated/α-hetero) is 2. The zero-order valence-corrected chi connectivity index (χ0v) is 16.6. The van der Waals surface area contributed by atoms with E-state index in [9.17, 15) is 24.6 Å². The third-order valence-electron chi connectivity index (χ3n) is 8.07. The zero-order valence-electron chi connectivity index (χ0n) is 16.6. The Kier molecular flexibility index (Phi) is 5.37. The van der Waals surface area contributed by atoms with E-state index in [-0.39, 0.29) is 11.5 Å². The summed E-state index contributed by atoms with van der Waals surface area (Å²) in [6, 6.07) is 0. The maximum atomic E-state index is 12.4. The number of carbonyl (C=O) groups is 3. The lowest BCUT2D eigenvalue weighted by Gasteiger charge is -2.56. The van der Waals surface area contributed by atoms with Crippen LogP contribution in [0.2, 0.25) is 0 Å². The Morgan fingerprint density at radius 1 is 1.11 bits per heavy atom. The molecular weight excluding hydrogens is 344 g/mol. The quantitative estimate of drug-likeness (QED) is 0.560. The Balaban J connectivity index is 0.000000307. The summed E-state index contributed by atoms with van der Waals surface area (Å²) in [6.45, 7) is 5.63. The minimum Gasteiger partial charge on any atom is -0.542 e. The number of aliphatic hydroxyl groups is 1. The standard InChI is InChI=1S/C19H28O2.C3H4O3/c1-18-9-7-13(20)11-12(18)3-4-14-15-5-6-17(21)19(15,2)10-8-16(14)18;1-2(4)3(5)6/h3,13-16,20H,4-11H2,1-2H3;1H3,(H,5,6)/p-1/t13-,14-,15-,16-,18-,19-;/m0./s1. The lowest BCUT2D eigenvalue weighted by atomic mass is 9.48. The lowest BCUT2D eigenvalue weighted by Crippen LogP contribution is -2.50. The first-order valence-electron chi connectivity index (χ1n) is 10.2. The fraction of sp³-hybridized carbons (Fsp3) is 0.773. The largest absolute Gasteiger partial charge is 0.542 e. The van der Waals surface area contributed by atoms with Crippen molar-refractivity contribution in [3.05, 3.63) is 11.6 Å². The second kappa shape index (κ2) is 7.16. The summed E-state index contributed by atoms with van der Waals surface area (Å²) in [6.07, 6.45) is 10.7. The maximum Gasteiger partial charge on any atom is 0.175 e. The van der Waals surface area contributed by atoms with Crippen LogP contribution in [-0.2, 0) is 14.4 Å². The van der Waals surface area contributed by atoms with Gasteiger partial charge in [-0.15, -0.1) is 0 Å². The average Bonchev–Trinajstić information content (AvgIpc) is 2.91. The van der Waals surface area contributed by atoms with Crippen LogP contribution in [-0.4, -0.2) is 28.7 Å². The SMILES string of the molecule is CC(=O)C(=O)[O-].C[C@]12CC[C@H](O)CC1=CC[C@@H]1[C@@H]2CC[C@]2(C)C(=O)CC[C@@H]12. The number of hydrogen-bond donors (Lipinski definition) is 1. The van der Waals surface area contributed by atoms with Crippen molar-refractivity contribution in [3.8, 4) is 0 Å². The summed E-state index contributed by atoms with van der Waals surface area (Å²) in [5.74, 6) is 0.0355. The highest BCUT2D eigenvalue weighted by atomic mass is 16.4. The molecule has 27 heavy (non-hydrogen) atoms. The third kappa shape index (κ3) is 3.39. The second-order valence-electron chi connectivity index (χ2n) is 9.42. The number of ketones is 2. The van der Waals surface area contributed by atoms with E-state index in [1.807, 2.05) is 0 Å². The molecule has 0 spiro atoms. The number of carbonyl (C=O) groups excluding carboxylic acids is 3. The van der Waals surface area contributed by atoms with Crippen molar-refractivity contribution < 1.29 is 24.6 Å². The molecule has 150 valence electrons. The minimum atomic E-state index is -1.63. The predicted molar refractivity (Wildman–Crippen MR) is 98.4 cm³/mol. The van der Waals surface area contributed by atoms with Gasteiger partial charge in [0.05, 0.1) is 6.10 Å². The number of aliphatic carboxylic acids is 1. The van der Waals surface area contributed by atoms with Gasteiger partial charge < -0.3 is 15.0 Å². The topological polar surface area (TPSA) is 94.5 Å². The van der Waals surface area contributed by atoms with Crippen molar-refractivity contribution in [3.63, 3.8) is 0 Å². The van der Waals surface area contributed by atoms with Gasteiger partial charge in [0.1, 0.15) is 11.8 Å². The van der Waals surface area contributed by atoms with Crippen LogP contribution in [0.15, 0.2) is 11.6 Å². The van der Waals surface area contributed by atoms with Gasteiger partial charge in [-0.2, -0.15) is 0 Å². The lowest BCUT2D eigenvalue weighted by molar-refractivity contribution is -0.299. The first kappa shape index (κ1) is 20.2. The molecule has 4 aliphatic rings. The summed E-state index contributed by atoms with van der Waals surface area (Å²) in [4.78, 5) is 31.1. The van der Waals surface area contributed by atoms with Crippen LogP contribution in [0.4, 0.5) is 0 Å². The molecule has 5 heteroatoms. The minimum absolute atomic E-state index is 0.0168. The molecule has 0 unspecified atom stereocenters. The van der Waals surface area contributed by atoms with Gasteiger partial charge in [-0.25, -0.2) is 0 Å². The van der Waals surface area contributed by atoms with Gasteiger partial charge >= 0.3 is 0 Å². The van der Waals surface area contributed by atoms with Crippen molar-refractivity contribution in [1.82, 2.24) is 0 Å². The number of rotatable bonds is 1. The first-order valence-corrected chi connectivity index (χ1v) is 10.2. The van der Waals surface area contributed by atoms with Crippen LogP contribution >= 0.6 is 0 Å². The maximum absolute atomic E-state index is 12.4. The molecule has 0 aliphatic heterocycles. The van der Waals surface area contributed by atoms with Crippen LogP contribution in [0.5, 0.6) is 0 Å². The van der Waals surface area contributed by atoms with E-state index in [0.29, 0.717) is 23.0 Å². The van der Waals surface area contributed by atoms with Crippen LogP contribution in [0.25, 0.3) is 0 Å². The number of allylic oxidation sites excluding steroid dienone is 1. The van der Waals surface area contributed by atoms with E-state index in [1.165, 1.54) is 12.0 Å². The van der Waals surface area contributed by atoms with E-state index in [4.69, 9.17) is 0 Å². The molecule has 0 aromatic carbocycles. The molecule has 0 saturated heterocycles. The van der Waals surface area contributed by atoms with E-state index in [1.54, 1.807) is 0 Å². The molecule has 0 bridgehead atoms. The number of carboxylic acids is 1. The molecule has 0 radical (unpaired) electrons. The van der Waals surface area contributed by atoms with Crippen LogP contribution in [0.1, 0.15) is 72.1 Å². The summed E-state index contributed by atoms with van der Waals surface area (Å²) in [5, 5.41) is 19.2. The van der Waals surface area contributed by atoms with Crippen molar-refractivity contribution >= 4 is 17.5 Å². The Labute approximate surface area is 161 Å². The molecule has 3 saturated carbocycles. The van der Waals surface area contributed by atoms with E-state index in [2.05, 4.69) is 19.9 Å². The fourth-order valence-electron chi connectivity index (χ4n) is 6.41. The second-order valence-corrected chi connectivity index (χ2v) is 9.42. The highest BCUT2D eigenvalue weighted by Crippen LogP contribution is 2.63. The Morgan fingerprint density at radius 2 is 1.70 bits per heavy atom. The molecule has 5 nitrogen and oxygen atoms in total. The normalized spacial score (nSPS) is 42.7. The molecule has 3 fully saturated rings. The Bertz CT molecular complexity index is 668. The zero-order chi connectivity index (χ0) is 20.0. The molecule has 4 aliphatic carbocycles. The smallest absolute Gasteiger partial charge is 0.175 e. The molecule has 6 atom stereocenters. The number of hydrogen-bond acceptors (Lipinski definition) is 5. The van der Waals surface area contributed by atoms with E-state index in [0.717, 1.165) is 57.8 Å². The van der Waals surface area contributed by atoms with Crippen molar-refractivity contribution in [2.75, 3.05) is 0 Å². The summed E-state index contributed by atoms with van der Waals surface area (Å²) in [7, 11) is 0. The van der Waals surface area contributed by atoms with Crippen molar-refractivity contribution in [2.24, 2.45) is 28.6 Å². The highest BCUT2D eigenvalue weighted by molar-refractivity contribution is 6.30. The monoisotopic (exact) mass is 375 g/mol. The first-order chi connectivity index (χ1) is 12.6. The highest BCUT2D eigenvalue weighted by Gasteiger charge is 2.58.